The predicted molar refractivity (Wildman–Crippen MR) is 117 cm³/mol. The van der Waals surface area contributed by atoms with Gasteiger partial charge in [0.1, 0.15) is 22.9 Å². The summed E-state index contributed by atoms with van der Waals surface area (Å²) in [5, 5.41) is 8.20. The summed E-state index contributed by atoms with van der Waals surface area (Å²) in [5.41, 5.74) is 0.0741. The van der Waals surface area contributed by atoms with E-state index in [1.54, 1.807) is 30.3 Å². The van der Waals surface area contributed by atoms with Gasteiger partial charge >= 0.3 is 6.18 Å². The second-order valence-electron chi connectivity index (χ2n) is 7.11. The molecule has 0 saturated heterocycles. The maximum Gasteiger partial charge on any atom is 0.416 e. The Balaban J connectivity index is 1.77. The van der Waals surface area contributed by atoms with Crippen LogP contribution in [0.2, 0.25) is 0 Å². The number of halogens is 3. The standard InChI is InChI=1S/C23H18F3N3O4S/c1-32-16-9-12-21(33-2)20(13-16)29-14-19(27-28-29)18-5-3-4-6-22(18)34(30,31)17-10-7-15(8-11-17)23(24,25)26/h3-14H,1-2H3. The number of hydrogen-bond acceptors (Lipinski definition) is 6. The van der Waals surface area contributed by atoms with Crippen molar-refractivity contribution in [2.24, 2.45) is 0 Å². The predicted octanol–water partition coefficient (Wildman–Crippen LogP) is 4.80. The van der Waals surface area contributed by atoms with Gasteiger partial charge in [0.2, 0.25) is 9.84 Å². The normalized spacial score (nSPS) is 11.9. The van der Waals surface area contributed by atoms with Crippen LogP contribution in [0.4, 0.5) is 13.2 Å². The van der Waals surface area contributed by atoms with Crippen LogP contribution in [0.25, 0.3) is 16.9 Å². The Morgan fingerprint density at radius 1 is 0.912 bits per heavy atom. The van der Waals surface area contributed by atoms with Crippen molar-refractivity contribution in [3.63, 3.8) is 0 Å². The van der Waals surface area contributed by atoms with Gasteiger partial charge in [0.15, 0.2) is 0 Å². The molecule has 0 fully saturated rings. The zero-order valence-electron chi connectivity index (χ0n) is 17.9. The lowest BCUT2D eigenvalue weighted by Crippen LogP contribution is -2.07. The monoisotopic (exact) mass is 489 g/mol. The van der Waals surface area contributed by atoms with E-state index in [9.17, 15) is 21.6 Å². The van der Waals surface area contributed by atoms with Gasteiger partial charge in [-0.05, 0) is 42.5 Å². The van der Waals surface area contributed by atoms with Crippen molar-refractivity contribution in [1.29, 1.82) is 0 Å². The summed E-state index contributed by atoms with van der Waals surface area (Å²) in [6.45, 7) is 0. The van der Waals surface area contributed by atoms with Crippen LogP contribution in [0, 0.1) is 0 Å². The van der Waals surface area contributed by atoms with Crippen molar-refractivity contribution in [3.8, 4) is 28.4 Å². The van der Waals surface area contributed by atoms with Crippen LogP contribution in [0.5, 0.6) is 11.5 Å². The van der Waals surface area contributed by atoms with Gasteiger partial charge in [-0.15, -0.1) is 5.10 Å². The average molecular weight is 489 g/mol. The maximum absolute atomic E-state index is 13.3. The summed E-state index contributed by atoms with van der Waals surface area (Å²) >= 11 is 0. The molecule has 0 saturated carbocycles. The van der Waals surface area contributed by atoms with E-state index in [0.29, 0.717) is 17.2 Å². The SMILES string of the molecule is COc1ccc(OC)c(-n2cc(-c3ccccc3S(=O)(=O)c3ccc(C(F)(F)F)cc3)nn2)c1. The summed E-state index contributed by atoms with van der Waals surface area (Å²) < 4.78 is 77.2. The van der Waals surface area contributed by atoms with E-state index in [1.807, 2.05) is 0 Å². The highest BCUT2D eigenvalue weighted by atomic mass is 32.2. The van der Waals surface area contributed by atoms with Crippen LogP contribution in [0.15, 0.2) is 82.7 Å². The minimum atomic E-state index is -4.57. The van der Waals surface area contributed by atoms with Gasteiger partial charge in [0, 0.05) is 11.6 Å². The van der Waals surface area contributed by atoms with Crippen molar-refractivity contribution in [2.75, 3.05) is 14.2 Å². The Bertz CT molecular complexity index is 1430. The maximum atomic E-state index is 13.3. The van der Waals surface area contributed by atoms with Gasteiger partial charge < -0.3 is 9.47 Å². The number of benzene rings is 3. The lowest BCUT2D eigenvalue weighted by Gasteiger charge is -2.11. The molecular formula is C23H18F3N3O4S. The molecule has 176 valence electrons. The highest BCUT2D eigenvalue weighted by Crippen LogP contribution is 2.34. The zero-order chi connectivity index (χ0) is 24.5. The molecule has 4 aromatic rings. The Morgan fingerprint density at radius 3 is 2.26 bits per heavy atom. The molecule has 34 heavy (non-hydrogen) atoms. The largest absolute Gasteiger partial charge is 0.497 e. The van der Waals surface area contributed by atoms with Crippen molar-refractivity contribution >= 4 is 9.84 Å². The van der Waals surface area contributed by atoms with Gasteiger partial charge in [-0.25, -0.2) is 13.1 Å². The van der Waals surface area contributed by atoms with E-state index in [2.05, 4.69) is 10.3 Å². The molecule has 4 rings (SSSR count). The minimum absolute atomic E-state index is 0.112. The summed E-state index contributed by atoms with van der Waals surface area (Å²) in [7, 11) is -1.14. The van der Waals surface area contributed by atoms with Gasteiger partial charge in [-0.3, -0.25) is 0 Å². The molecule has 1 aromatic heterocycles. The van der Waals surface area contributed by atoms with E-state index >= 15 is 0 Å². The van der Waals surface area contributed by atoms with Gasteiger partial charge in [0.25, 0.3) is 0 Å². The Labute approximate surface area is 193 Å². The Kier molecular flexibility index (Phi) is 6.05. The summed E-state index contributed by atoms with van der Waals surface area (Å²) in [5.74, 6) is 1.04. The first-order chi connectivity index (χ1) is 16.1. The van der Waals surface area contributed by atoms with Gasteiger partial charge in [-0.1, -0.05) is 23.4 Å². The van der Waals surface area contributed by atoms with Crippen LogP contribution in [-0.2, 0) is 16.0 Å². The lowest BCUT2D eigenvalue weighted by atomic mass is 10.2. The summed E-state index contributed by atoms with van der Waals surface area (Å²) in [4.78, 5) is -0.380. The van der Waals surface area contributed by atoms with E-state index in [-0.39, 0.29) is 21.0 Å². The first-order valence-corrected chi connectivity index (χ1v) is 11.3. The van der Waals surface area contributed by atoms with E-state index in [0.717, 1.165) is 24.3 Å². The highest BCUT2D eigenvalue weighted by molar-refractivity contribution is 7.91. The summed E-state index contributed by atoms with van der Waals surface area (Å²) in [6, 6.07) is 14.5. The van der Waals surface area contributed by atoms with Crippen LogP contribution in [-0.4, -0.2) is 37.6 Å². The molecule has 3 aromatic carbocycles. The molecule has 0 unspecified atom stereocenters. The highest BCUT2D eigenvalue weighted by Gasteiger charge is 2.31. The Hall–Kier alpha value is -3.86. The smallest absolute Gasteiger partial charge is 0.416 e. The van der Waals surface area contributed by atoms with Crippen LogP contribution < -0.4 is 9.47 Å². The molecule has 0 amide bonds. The fourth-order valence-corrected chi connectivity index (χ4v) is 4.81. The number of alkyl halides is 3. The minimum Gasteiger partial charge on any atom is -0.497 e. The molecule has 1 heterocycles. The lowest BCUT2D eigenvalue weighted by molar-refractivity contribution is -0.137. The molecule has 0 radical (unpaired) electrons. The average Bonchev–Trinajstić information content (AvgIpc) is 3.33. The zero-order valence-corrected chi connectivity index (χ0v) is 18.8. The van der Waals surface area contributed by atoms with E-state index < -0.39 is 21.6 Å². The van der Waals surface area contributed by atoms with Crippen molar-refractivity contribution < 1.29 is 31.1 Å². The molecule has 0 atom stereocenters. The number of ether oxygens (including phenoxy) is 2. The second-order valence-corrected chi connectivity index (χ2v) is 9.03. The van der Waals surface area contributed by atoms with Gasteiger partial charge in [0.05, 0.1) is 35.8 Å². The molecule has 0 bridgehead atoms. The molecule has 0 aliphatic heterocycles. The van der Waals surface area contributed by atoms with Crippen LogP contribution in [0.1, 0.15) is 5.56 Å². The third kappa shape index (κ3) is 4.34. The number of sulfone groups is 1. The number of nitrogens with zero attached hydrogens (tertiary/aromatic N) is 3. The molecule has 0 N–H and O–H groups in total. The topological polar surface area (TPSA) is 83.3 Å². The number of hydrogen-bond donors (Lipinski definition) is 0. The number of aromatic nitrogens is 3. The number of methoxy groups -OCH3 is 2. The third-order valence-electron chi connectivity index (χ3n) is 5.07. The number of rotatable bonds is 6. The van der Waals surface area contributed by atoms with Crippen LogP contribution >= 0.6 is 0 Å². The van der Waals surface area contributed by atoms with Crippen molar-refractivity contribution in [3.05, 3.63) is 78.5 Å². The fourth-order valence-electron chi connectivity index (χ4n) is 3.34. The van der Waals surface area contributed by atoms with E-state index in [4.69, 9.17) is 9.47 Å². The van der Waals surface area contributed by atoms with Crippen molar-refractivity contribution in [2.45, 2.75) is 16.0 Å². The molecular weight excluding hydrogens is 471 g/mol. The third-order valence-corrected chi connectivity index (χ3v) is 6.90. The first-order valence-electron chi connectivity index (χ1n) is 9.81. The van der Waals surface area contributed by atoms with Gasteiger partial charge in [-0.2, -0.15) is 13.2 Å². The molecule has 7 nitrogen and oxygen atoms in total. The van der Waals surface area contributed by atoms with Crippen LogP contribution in [0.3, 0.4) is 0 Å². The molecule has 11 heteroatoms. The van der Waals surface area contributed by atoms with E-state index in [1.165, 1.54) is 37.2 Å². The van der Waals surface area contributed by atoms with Crippen molar-refractivity contribution in [1.82, 2.24) is 15.0 Å². The molecule has 0 aliphatic rings. The second kappa shape index (κ2) is 8.82. The molecule has 0 spiro atoms. The summed E-state index contributed by atoms with van der Waals surface area (Å²) in [6.07, 6.45) is -3.04. The fraction of sp³-hybridized carbons (Fsp3) is 0.130. The first kappa shape index (κ1) is 23.3. The molecule has 0 aliphatic carbocycles. The Morgan fingerprint density at radius 2 is 1.62 bits per heavy atom. The quantitative estimate of drug-likeness (QED) is 0.387.